The fourth-order valence-electron chi connectivity index (χ4n) is 3.80. The summed E-state index contributed by atoms with van der Waals surface area (Å²) < 4.78 is 0. The van der Waals surface area contributed by atoms with E-state index in [1.54, 1.807) is 16.7 Å². The number of nitrogens with zero attached hydrogens (tertiary/aromatic N) is 2. The lowest BCUT2D eigenvalue weighted by atomic mass is 10.1. The third kappa shape index (κ3) is 4.08. The van der Waals surface area contributed by atoms with Crippen LogP contribution in [0.25, 0.3) is 0 Å². The van der Waals surface area contributed by atoms with Gasteiger partial charge in [0.05, 0.1) is 10.9 Å². The van der Waals surface area contributed by atoms with E-state index in [0.29, 0.717) is 18.7 Å². The van der Waals surface area contributed by atoms with Crippen molar-refractivity contribution in [1.82, 2.24) is 5.43 Å². The number of rotatable bonds is 7. The number of anilines is 1. The Bertz CT molecular complexity index is 932. The van der Waals surface area contributed by atoms with Crippen molar-refractivity contribution in [2.24, 2.45) is 5.10 Å². The Labute approximate surface area is 175 Å². The second-order valence-corrected chi connectivity index (χ2v) is 8.63. The molecule has 5 nitrogen and oxygen atoms in total. The monoisotopic (exact) mass is 407 g/mol. The molecule has 0 bridgehead atoms. The Morgan fingerprint density at radius 1 is 1.14 bits per heavy atom. The molecule has 0 spiro atoms. The Morgan fingerprint density at radius 3 is 2.76 bits per heavy atom. The number of nitrogens with one attached hydrogen (secondary N) is 1. The quantitative estimate of drug-likeness (QED) is 0.554. The fourth-order valence-corrected chi connectivity index (χ4v) is 4.99. The van der Waals surface area contributed by atoms with Gasteiger partial charge in [-0.25, -0.2) is 5.43 Å². The maximum atomic E-state index is 13.0. The molecule has 6 heteroatoms. The minimum absolute atomic E-state index is 0.134. The van der Waals surface area contributed by atoms with E-state index in [2.05, 4.69) is 23.5 Å². The number of thioether (sulfide) groups is 1. The first-order valence-electron chi connectivity index (χ1n) is 10.2. The van der Waals surface area contributed by atoms with Gasteiger partial charge in [0.15, 0.2) is 5.71 Å². The van der Waals surface area contributed by atoms with E-state index in [1.807, 2.05) is 42.5 Å². The summed E-state index contributed by atoms with van der Waals surface area (Å²) >= 11 is 1.55. The first-order chi connectivity index (χ1) is 14.2. The van der Waals surface area contributed by atoms with Crippen molar-refractivity contribution in [2.45, 2.75) is 49.2 Å². The van der Waals surface area contributed by atoms with Crippen LogP contribution in [0.5, 0.6) is 0 Å². The van der Waals surface area contributed by atoms with Crippen LogP contribution in [-0.4, -0.2) is 29.3 Å². The molecule has 0 aromatic heterocycles. The van der Waals surface area contributed by atoms with E-state index in [-0.39, 0.29) is 17.1 Å². The van der Waals surface area contributed by atoms with Crippen molar-refractivity contribution < 1.29 is 9.59 Å². The number of hydrogen-bond donors (Lipinski definition) is 1. The Balaban J connectivity index is 1.46. The van der Waals surface area contributed by atoms with E-state index in [9.17, 15) is 9.59 Å². The molecule has 2 amide bonds. The van der Waals surface area contributed by atoms with Crippen molar-refractivity contribution in [2.75, 3.05) is 11.4 Å². The standard InChI is InChI=1S/C23H25N3O2S/c1-2-3-4-9-14-26-18-12-7-6-11-17(18)21(23(26)28)24-25-22(27)20-15-16-10-5-8-13-19(16)29-20/h5-8,10-13,20H,2-4,9,14-15H2,1H3,(H,25,27)/b24-21-. The zero-order valence-corrected chi connectivity index (χ0v) is 17.4. The molecule has 1 unspecified atom stereocenters. The molecule has 0 saturated carbocycles. The van der Waals surface area contributed by atoms with Crippen molar-refractivity contribution in [3.05, 3.63) is 59.7 Å². The first-order valence-corrected chi connectivity index (χ1v) is 11.1. The number of carbonyl (C=O) groups is 2. The number of benzene rings is 2. The lowest BCUT2D eigenvalue weighted by molar-refractivity contribution is -0.120. The summed E-state index contributed by atoms with van der Waals surface area (Å²) in [5.41, 5.74) is 5.83. The molecule has 29 heavy (non-hydrogen) atoms. The summed E-state index contributed by atoms with van der Waals surface area (Å²) in [5, 5.41) is 4.05. The Morgan fingerprint density at radius 2 is 1.93 bits per heavy atom. The molecule has 4 rings (SSSR count). The maximum Gasteiger partial charge on any atom is 0.279 e. The number of para-hydroxylation sites is 1. The molecule has 0 fully saturated rings. The van der Waals surface area contributed by atoms with Crippen LogP contribution in [0.3, 0.4) is 0 Å². The highest BCUT2D eigenvalue weighted by Gasteiger charge is 2.34. The Hall–Kier alpha value is -2.60. The van der Waals surface area contributed by atoms with E-state index in [1.165, 1.54) is 12.0 Å². The average molecular weight is 408 g/mol. The van der Waals surface area contributed by atoms with Crippen LogP contribution in [-0.2, 0) is 16.0 Å². The van der Waals surface area contributed by atoms with Gasteiger partial charge in [-0.05, 0) is 30.5 Å². The molecule has 0 saturated heterocycles. The molecule has 2 aromatic rings. The van der Waals surface area contributed by atoms with Crippen molar-refractivity contribution in [3.63, 3.8) is 0 Å². The second-order valence-electron chi connectivity index (χ2n) is 7.39. The number of carbonyl (C=O) groups excluding carboxylic acids is 2. The molecule has 2 heterocycles. The summed E-state index contributed by atoms with van der Waals surface area (Å²) in [6, 6.07) is 15.7. The summed E-state index contributed by atoms with van der Waals surface area (Å²) in [6.07, 6.45) is 5.08. The van der Waals surface area contributed by atoms with Crippen molar-refractivity contribution in [1.29, 1.82) is 0 Å². The number of amides is 2. The summed E-state index contributed by atoms with van der Waals surface area (Å²) in [7, 11) is 0. The number of fused-ring (bicyclic) bond motifs is 2. The molecule has 150 valence electrons. The molecule has 2 aliphatic rings. The third-order valence-corrected chi connectivity index (χ3v) is 6.67. The highest BCUT2D eigenvalue weighted by molar-refractivity contribution is 8.01. The highest BCUT2D eigenvalue weighted by atomic mass is 32.2. The SMILES string of the molecule is CCCCCCN1C(=O)/C(=N\NC(=O)C2Cc3ccccc3S2)c2ccccc21. The van der Waals surface area contributed by atoms with Gasteiger partial charge in [-0.15, -0.1) is 11.8 Å². The molecular weight excluding hydrogens is 382 g/mol. The van der Waals surface area contributed by atoms with Gasteiger partial charge in [0.25, 0.3) is 11.8 Å². The van der Waals surface area contributed by atoms with E-state index >= 15 is 0 Å². The van der Waals surface area contributed by atoms with Crippen LogP contribution in [0.15, 0.2) is 58.5 Å². The number of hydrogen-bond acceptors (Lipinski definition) is 4. The van der Waals surface area contributed by atoms with E-state index in [0.717, 1.165) is 35.4 Å². The van der Waals surface area contributed by atoms with Crippen LogP contribution < -0.4 is 10.3 Å². The van der Waals surface area contributed by atoms with Crippen LogP contribution in [0.4, 0.5) is 5.69 Å². The maximum absolute atomic E-state index is 13.0. The minimum Gasteiger partial charge on any atom is -0.306 e. The number of unbranched alkanes of at least 4 members (excludes halogenated alkanes) is 3. The molecular formula is C23H25N3O2S. The van der Waals surface area contributed by atoms with Crippen LogP contribution in [0, 0.1) is 0 Å². The van der Waals surface area contributed by atoms with Gasteiger partial charge in [-0.3, -0.25) is 9.59 Å². The van der Waals surface area contributed by atoms with Gasteiger partial charge in [0, 0.05) is 17.0 Å². The molecule has 1 atom stereocenters. The zero-order chi connectivity index (χ0) is 20.2. The van der Waals surface area contributed by atoms with Crippen LogP contribution in [0.2, 0.25) is 0 Å². The van der Waals surface area contributed by atoms with Gasteiger partial charge in [0.1, 0.15) is 0 Å². The van der Waals surface area contributed by atoms with Crippen molar-refractivity contribution in [3.8, 4) is 0 Å². The molecule has 0 aliphatic carbocycles. The van der Waals surface area contributed by atoms with E-state index < -0.39 is 0 Å². The zero-order valence-electron chi connectivity index (χ0n) is 16.6. The number of hydrazone groups is 1. The summed E-state index contributed by atoms with van der Waals surface area (Å²) in [4.78, 5) is 28.6. The Kier molecular flexibility index (Phi) is 6.00. The molecule has 0 radical (unpaired) electrons. The van der Waals surface area contributed by atoms with Crippen LogP contribution >= 0.6 is 11.8 Å². The predicted octanol–water partition coefficient (Wildman–Crippen LogP) is 4.15. The molecule has 2 aromatic carbocycles. The summed E-state index contributed by atoms with van der Waals surface area (Å²) in [5.74, 6) is -0.296. The highest BCUT2D eigenvalue weighted by Crippen LogP contribution is 2.36. The second kappa shape index (κ2) is 8.82. The van der Waals surface area contributed by atoms with Gasteiger partial charge < -0.3 is 4.90 Å². The first kappa shape index (κ1) is 19.7. The van der Waals surface area contributed by atoms with Crippen molar-refractivity contribution >= 4 is 35.0 Å². The minimum atomic E-state index is -0.214. The normalized spacial score (nSPS) is 18.8. The lowest BCUT2D eigenvalue weighted by Gasteiger charge is -2.16. The van der Waals surface area contributed by atoms with E-state index in [4.69, 9.17) is 0 Å². The fraction of sp³-hybridized carbons (Fsp3) is 0.348. The smallest absolute Gasteiger partial charge is 0.279 e. The van der Waals surface area contributed by atoms with Gasteiger partial charge in [0.2, 0.25) is 0 Å². The predicted molar refractivity (Wildman–Crippen MR) is 117 cm³/mol. The van der Waals surface area contributed by atoms with Gasteiger partial charge in [-0.2, -0.15) is 5.10 Å². The third-order valence-electron chi connectivity index (χ3n) is 5.35. The largest absolute Gasteiger partial charge is 0.306 e. The summed E-state index contributed by atoms with van der Waals surface area (Å²) in [6.45, 7) is 2.85. The molecule has 1 N–H and O–H groups in total. The topological polar surface area (TPSA) is 61.8 Å². The molecule has 2 aliphatic heterocycles. The average Bonchev–Trinajstić information content (AvgIpc) is 3.29. The van der Waals surface area contributed by atoms with Gasteiger partial charge >= 0.3 is 0 Å². The van der Waals surface area contributed by atoms with Crippen LogP contribution in [0.1, 0.15) is 43.7 Å². The van der Waals surface area contributed by atoms with Gasteiger partial charge in [-0.1, -0.05) is 62.6 Å². The lowest BCUT2D eigenvalue weighted by Crippen LogP contribution is -2.34.